The highest BCUT2D eigenvalue weighted by molar-refractivity contribution is 5.80. The highest BCUT2D eigenvalue weighted by Crippen LogP contribution is 2.25. The molecule has 0 spiro atoms. The van der Waals surface area contributed by atoms with E-state index in [-0.39, 0.29) is 0 Å². The minimum Gasteiger partial charge on any atom is -0.260 e. The lowest BCUT2D eigenvalue weighted by atomic mass is 10.1. The van der Waals surface area contributed by atoms with Gasteiger partial charge in [-0.15, -0.1) is 9.97 Å². The molecule has 14 aromatic rings. The summed E-state index contributed by atoms with van der Waals surface area (Å²) in [6, 6.07) is 10.4. The molecule has 14 rings (SSSR count). The molecule has 0 saturated heterocycles. The fourth-order valence-corrected chi connectivity index (χ4v) is 15.2. The van der Waals surface area contributed by atoms with Gasteiger partial charge in [-0.25, -0.2) is 54.8 Å². The van der Waals surface area contributed by atoms with E-state index in [1.807, 2.05) is 44.0 Å². The SMILES string of the molecule is CC[n+]1c(C)n(C)c2c(C)ccnc21.CC[n+]1c(C)n(C)c2cc(C)nc(C)c21.CC[n+]1c(C)n(C)c2cccnc21.CC[n+]1c(C)n(C)c2ccnc(C)c21.CCn1c(C)[n+](C)c2c(C)c(C)nc(C)c21.CCn1c(C)[n+](C)c2c(C)c(C)ncc21.CCn1c(C)[n+](C)c2c(C)cnc(C)c21. The van der Waals surface area contributed by atoms with Gasteiger partial charge in [0.1, 0.15) is 12.4 Å². The zero-order chi connectivity index (χ0) is 75.5. The van der Waals surface area contributed by atoms with E-state index in [1.54, 1.807) is 0 Å². The molecule has 0 unspecified atom stereocenters. The fourth-order valence-electron chi connectivity index (χ4n) is 15.2. The quantitative estimate of drug-likeness (QED) is 0.144. The molecule has 14 aromatic heterocycles. The summed E-state index contributed by atoms with van der Waals surface area (Å²) in [5.74, 6) is 8.91. The molecule has 0 amide bonds. The summed E-state index contributed by atoms with van der Waals surface area (Å²) in [4.78, 5) is 31.2. The average molecular weight is 1390 g/mol. The smallest absolute Gasteiger partial charge is 0.260 e. The highest BCUT2D eigenvalue weighted by atomic mass is 15.2. The van der Waals surface area contributed by atoms with Crippen molar-refractivity contribution in [2.45, 2.75) is 219 Å². The van der Waals surface area contributed by atoms with Crippen molar-refractivity contribution in [3.05, 3.63) is 164 Å². The van der Waals surface area contributed by atoms with E-state index in [2.05, 4.69) is 339 Å². The van der Waals surface area contributed by atoms with Crippen LogP contribution in [0.1, 0.15) is 151 Å². The molecule has 0 radical (unpaired) electrons. The number of aryl methyl sites for hydroxylation is 25. The summed E-state index contributed by atoms with van der Waals surface area (Å²) < 4.78 is 31.7. The molecule has 0 aliphatic carbocycles. The van der Waals surface area contributed by atoms with E-state index in [4.69, 9.17) is 0 Å². The standard InChI is InChI=1S/C13H20N3.3C12H18N3.2C11H16N3.C10H14N3/c1-7-16-11(5)15(6)12-8(2)9(3)14-10(4)13(12)16;1-6-15-10(4)14(5)12-8(2)9(3)13-7-11(12)15;1-6-15-10(4)14(5)11-8(2)7-13-9(3)12(11)15;1-6-15-10(4)14(5)11-7-8(2)13-9(3)12(11)15;1-5-14-9(3)13(4)10-6-7-12-8(2)11(10)14;1-5-14-9(3)13(4)10-8(2)6-7-12-11(10)14;1-4-13-8(2)12(3)9-6-5-7-11-10(9)13/h7H2,1-6H3;3*7H,6H2,1-5H3;2*6-7H,5H2,1-4H3;5-7H,4H2,1-3H3/q7*+1. The monoisotopic (exact) mass is 1390 g/mol. The number of nitrogens with zero attached hydrogens (tertiary/aromatic N) is 21. The van der Waals surface area contributed by atoms with Gasteiger partial charge < -0.3 is 0 Å². The van der Waals surface area contributed by atoms with Gasteiger partial charge in [-0.05, 0) is 148 Å². The minimum atomic E-state index is 0.972. The minimum absolute atomic E-state index is 0.972. The van der Waals surface area contributed by atoms with Crippen LogP contribution >= 0.6 is 0 Å². The Balaban J connectivity index is 0.000000151. The normalized spacial score (nSPS) is 11.2. The Hall–Kier alpha value is -9.66. The van der Waals surface area contributed by atoms with Gasteiger partial charge >= 0.3 is 11.3 Å². The first-order valence-electron chi connectivity index (χ1n) is 36.5. The van der Waals surface area contributed by atoms with Crippen molar-refractivity contribution in [1.29, 1.82) is 0 Å². The van der Waals surface area contributed by atoms with Crippen LogP contribution in [0.4, 0.5) is 0 Å². The third kappa shape index (κ3) is 14.2. The summed E-state index contributed by atoms with van der Waals surface area (Å²) in [6.45, 7) is 60.1. The topological polar surface area (TPSA) is 152 Å². The first-order chi connectivity index (χ1) is 48.3. The zero-order valence-corrected chi connectivity index (χ0v) is 68.1. The van der Waals surface area contributed by atoms with E-state index in [0.29, 0.717) is 0 Å². The van der Waals surface area contributed by atoms with Crippen LogP contribution in [0.2, 0.25) is 0 Å². The Morgan fingerprint density at radius 3 is 1.36 bits per heavy atom. The number of imidazole rings is 7. The third-order valence-electron chi connectivity index (χ3n) is 21.6. The van der Waals surface area contributed by atoms with Gasteiger partial charge in [0.15, 0.2) is 66.2 Å². The van der Waals surface area contributed by atoms with Crippen molar-refractivity contribution < 1.29 is 32.0 Å². The maximum atomic E-state index is 4.63. The van der Waals surface area contributed by atoms with Gasteiger partial charge in [0, 0.05) is 107 Å². The van der Waals surface area contributed by atoms with E-state index >= 15 is 0 Å². The molecule has 0 saturated carbocycles. The molecular formula is C81H120N21+7. The van der Waals surface area contributed by atoms with Gasteiger partial charge in [-0.3, -0.25) is 34.1 Å². The molecule has 14 heterocycles. The third-order valence-corrected chi connectivity index (χ3v) is 21.6. The number of pyridine rings is 7. The number of hydrogen-bond donors (Lipinski definition) is 0. The molecular weight excluding hydrogens is 1270 g/mol. The molecule has 21 nitrogen and oxygen atoms in total. The molecule has 0 aromatic carbocycles. The van der Waals surface area contributed by atoms with E-state index in [0.717, 1.165) is 97.0 Å². The maximum absolute atomic E-state index is 4.63. The number of rotatable bonds is 7. The molecule has 0 aliphatic heterocycles. The predicted molar refractivity (Wildman–Crippen MR) is 411 cm³/mol. The summed E-state index contributed by atoms with van der Waals surface area (Å²) in [6.07, 6.45) is 9.53. The zero-order valence-electron chi connectivity index (χ0n) is 68.1. The number of aromatic nitrogens is 21. The lowest BCUT2D eigenvalue weighted by Crippen LogP contribution is -2.35. The Morgan fingerprint density at radius 2 is 0.784 bits per heavy atom. The molecule has 21 heteroatoms. The predicted octanol–water partition coefficient (Wildman–Crippen LogP) is 11.7. The van der Waals surface area contributed by atoms with Crippen molar-refractivity contribution >= 4 is 77.5 Å². The summed E-state index contributed by atoms with van der Waals surface area (Å²) in [5, 5.41) is 0. The van der Waals surface area contributed by atoms with Crippen molar-refractivity contribution in [3.63, 3.8) is 0 Å². The van der Waals surface area contributed by atoms with Crippen molar-refractivity contribution in [2.75, 3.05) is 0 Å². The van der Waals surface area contributed by atoms with E-state index in [9.17, 15) is 0 Å². The van der Waals surface area contributed by atoms with Gasteiger partial charge in [0.2, 0.25) is 11.6 Å². The van der Waals surface area contributed by atoms with Crippen LogP contribution in [0.3, 0.4) is 0 Å². The molecule has 0 N–H and O–H groups in total. The molecule has 0 aliphatic rings. The van der Waals surface area contributed by atoms with E-state index < -0.39 is 0 Å². The second kappa shape index (κ2) is 32.1. The molecule has 0 atom stereocenters. The lowest BCUT2D eigenvalue weighted by Gasteiger charge is -2.02. The van der Waals surface area contributed by atoms with Crippen LogP contribution in [0, 0.1) is 125 Å². The molecule has 102 heavy (non-hydrogen) atoms. The van der Waals surface area contributed by atoms with Crippen molar-refractivity contribution in [1.82, 2.24) is 66.9 Å². The van der Waals surface area contributed by atoms with Crippen molar-refractivity contribution in [2.24, 2.45) is 49.3 Å². The highest BCUT2D eigenvalue weighted by Gasteiger charge is 2.28. The van der Waals surface area contributed by atoms with Crippen LogP contribution in [-0.4, -0.2) is 66.9 Å². The molecule has 0 bridgehead atoms. The van der Waals surface area contributed by atoms with Crippen molar-refractivity contribution in [3.8, 4) is 0 Å². The summed E-state index contributed by atoms with van der Waals surface area (Å²) in [5.41, 5.74) is 30.3. The Morgan fingerprint density at radius 1 is 0.324 bits per heavy atom. The van der Waals surface area contributed by atoms with Gasteiger partial charge in [-0.1, -0.05) is 0 Å². The second-order valence-electron chi connectivity index (χ2n) is 27.1. The number of hydrogen-bond acceptors (Lipinski definition) is 7. The Kier molecular flexibility index (Phi) is 24.6. The Labute approximate surface area is 605 Å². The van der Waals surface area contributed by atoms with Gasteiger partial charge in [0.05, 0.1) is 124 Å². The van der Waals surface area contributed by atoms with Crippen LogP contribution in [0.15, 0.2) is 61.3 Å². The Bertz CT molecular complexity index is 5410. The summed E-state index contributed by atoms with van der Waals surface area (Å²) >= 11 is 0. The van der Waals surface area contributed by atoms with Gasteiger partial charge in [0.25, 0.3) is 29.1 Å². The second-order valence-corrected chi connectivity index (χ2v) is 27.1. The van der Waals surface area contributed by atoms with Crippen LogP contribution in [0.25, 0.3) is 77.5 Å². The first-order valence-corrected chi connectivity index (χ1v) is 36.5. The lowest BCUT2D eigenvalue weighted by molar-refractivity contribution is -0.676. The summed E-state index contributed by atoms with van der Waals surface area (Å²) in [7, 11) is 14.8. The van der Waals surface area contributed by atoms with Gasteiger partial charge in [-0.2, -0.15) is 0 Å². The van der Waals surface area contributed by atoms with Crippen LogP contribution < -0.4 is 32.0 Å². The van der Waals surface area contributed by atoms with Crippen LogP contribution in [0.5, 0.6) is 0 Å². The van der Waals surface area contributed by atoms with E-state index in [1.165, 1.54) is 129 Å². The fraction of sp³-hybridized carbons (Fsp3) is 0.481. The molecule has 0 fully saturated rings. The average Bonchev–Trinajstić information content (AvgIpc) is 1.64. The first kappa shape index (κ1) is 78.1. The van der Waals surface area contributed by atoms with Crippen LogP contribution in [-0.2, 0) is 95.1 Å². The largest absolute Gasteiger partial charge is 0.302 e. The molecule has 542 valence electrons. The number of fused-ring (bicyclic) bond motifs is 7. The maximum Gasteiger partial charge on any atom is 0.302 e.